The minimum atomic E-state index is -0.0237. The molecule has 0 radical (unpaired) electrons. The molecule has 1 saturated heterocycles. The van der Waals surface area contributed by atoms with Gasteiger partial charge in [0.15, 0.2) is 0 Å². The number of nitrogens with one attached hydrogen (secondary N) is 1. The summed E-state index contributed by atoms with van der Waals surface area (Å²) in [4.78, 5) is 28.9. The summed E-state index contributed by atoms with van der Waals surface area (Å²) in [6.07, 6.45) is 0.424. The van der Waals surface area contributed by atoms with Crippen LogP contribution in [0.5, 0.6) is 0 Å². The lowest BCUT2D eigenvalue weighted by molar-refractivity contribution is -0.130. The van der Waals surface area contributed by atoms with E-state index in [1.54, 1.807) is 14.0 Å². The number of aryl methyl sites for hydroxylation is 1. The van der Waals surface area contributed by atoms with Crippen molar-refractivity contribution in [3.63, 3.8) is 0 Å². The molecule has 1 aliphatic rings. The van der Waals surface area contributed by atoms with Crippen molar-refractivity contribution in [2.75, 3.05) is 38.0 Å². The summed E-state index contributed by atoms with van der Waals surface area (Å²) >= 11 is 0. The molecule has 2 heterocycles. The maximum atomic E-state index is 12.1. The van der Waals surface area contributed by atoms with Gasteiger partial charge in [0.05, 0.1) is 7.05 Å². The summed E-state index contributed by atoms with van der Waals surface area (Å²) in [5.41, 5.74) is 1.59. The van der Waals surface area contributed by atoms with Crippen LogP contribution in [0.2, 0.25) is 0 Å². The summed E-state index contributed by atoms with van der Waals surface area (Å²) in [6.45, 7) is 5.37. The number of carbonyl (C=O) groups is 2. The predicted octanol–water partition coefficient (Wildman–Crippen LogP) is 0.370. The van der Waals surface area contributed by atoms with Gasteiger partial charge in [-0.15, -0.1) is 10.2 Å². The fraction of sp³-hybridized carbons (Fsp3) is 0.471. The minimum Gasteiger partial charge on any atom is -0.340 e. The lowest BCUT2D eigenvalue weighted by atomic mass is 10.2. The normalized spacial score (nSPS) is 15.1. The van der Waals surface area contributed by atoms with Gasteiger partial charge in [-0.2, -0.15) is 4.80 Å². The summed E-state index contributed by atoms with van der Waals surface area (Å²) in [5.74, 6) is 0.641. The molecule has 0 atom stereocenters. The zero-order chi connectivity index (χ0) is 18.5. The van der Waals surface area contributed by atoms with Gasteiger partial charge in [-0.25, -0.2) is 0 Å². The Labute approximate surface area is 152 Å². The fourth-order valence-electron chi connectivity index (χ4n) is 2.87. The van der Waals surface area contributed by atoms with Crippen molar-refractivity contribution >= 4 is 17.5 Å². The standard InChI is InChI=1S/C17H23N7O2/c1-13(25)24-11-9-23(10-12-24)8-7-16(26)18-15-5-3-14(4-6-15)17-19-21-22(2)20-17/h3-6H,7-12H2,1-2H3,(H,18,26). The van der Waals surface area contributed by atoms with Crippen molar-refractivity contribution in [2.24, 2.45) is 7.05 Å². The van der Waals surface area contributed by atoms with Crippen LogP contribution in [0.3, 0.4) is 0 Å². The summed E-state index contributed by atoms with van der Waals surface area (Å²) in [7, 11) is 1.71. The maximum Gasteiger partial charge on any atom is 0.225 e. The molecule has 3 rings (SSSR count). The molecule has 138 valence electrons. The largest absolute Gasteiger partial charge is 0.340 e. The average molecular weight is 357 g/mol. The van der Waals surface area contributed by atoms with Crippen LogP contribution in [0.25, 0.3) is 11.4 Å². The molecule has 1 aromatic carbocycles. The third-order valence-corrected chi connectivity index (χ3v) is 4.41. The van der Waals surface area contributed by atoms with Gasteiger partial charge < -0.3 is 10.2 Å². The Morgan fingerprint density at radius 1 is 1.12 bits per heavy atom. The fourth-order valence-corrected chi connectivity index (χ4v) is 2.87. The van der Waals surface area contributed by atoms with Crippen LogP contribution in [0.15, 0.2) is 24.3 Å². The van der Waals surface area contributed by atoms with E-state index in [1.165, 1.54) is 4.80 Å². The van der Waals surface area contributed by atoms with Crippen molar-refractivity contribution < 1.29 is 9.59 Å². The molecule has 0 bridgehead atoms. The Kier molecular flexibility index (Phi) is 5.57. The van der Waals surface area contributed by atoms with Crippen LogP contribution in [0.4, 0.5) is 5.69 Å². The highest BCUT2D eigenvalue weighted by atomic mass is 16.2. The number of carbonyl (C=O) groups excluding carboxylic acids is 2. The number of tetrazole rings is 1. The second-order valence-electron chi connectivity index (χ2n) is 6.33. The number of aromatic nitrogens is 4. The molecule has 26 heavy (non-hydrogen) atoms. The molecule has 0 aliphatic carbocycles. The van der Waals surface area contributed by atoms with E-state index in [-0.39, 0.29) is 11.8 Å². The van der Waals surface area contributed by atoms with Crippen LogP contribution in [0.1, 0.15) is 13.3 Å². The highest BCUT2D eigenvalue weighted by Crippen LogP contribution is 2.17. The van der Waals surface area contributed by atoms with Crippen molar-refractivity contribution in [3.8, 4) is 11.4 Å². The van der Waals surface area contributed by atoms with E-state index in [0.29, 0.717) is 18.8 Å². The molecule has 9 nitrogen and oxygen atoms in total. The van der Waals surface area contributed by atoms with Crippen LogP contribution in [0, 0.1) is 0 Å². The van der Waals surface area contributed by atoms with Crippen LogP contribution in [-0.2, 0) is 16.6 Å². The maximum absolute atomic E-state index is 12.1. The monoisotopic (exact) mass is 357 g/mol. The first-order valence-corrected chi connectivity index (χ1v) is 8.63. The molecule has 1 N–H and O–H groups in total. The van der Waals surface area contributed by atoms with Gasteiger partial charge in [-0.05, 0) is 29.5 Å². The molecule has 0 saturated carbocycles. The van der Waals surface area contributed by atoms with Gasteiger partial charge in [-0.3, -0.25) is 14.5 Å². The summed E-state index contributed by atoms with van der Waals surface area (Å²) in [6, 6.07) is 7.37. The molecule has 2 aromatic rings. The van der Waals surface area contributed by atoms with Gasteiger partial charge in [-0.1, -0.05) is 0 Å². The van der Waals surface area contributed by atoms with E-state index in [1.807, 2.05) is 29.2 Å². The molecule has 1 aliphatic heterocycles. The number of benzene rings is 1. The van der Waals surface area contributed by atoms with Gasteiger partial charge in [0.25, 0.3) is 0 Å². The number of hydrogen-bond donors (Lipinski definition) is 1. The first-order chi connectivity index (χ1) is 12.5. The van der Waals surface area contributed by atoms with E-state index >= 15 is 0 Å². The molecule has 9 heteroatoms. The number of piperazine rings is 1. The van der Waals surface area contributed by atoms with E-state index < -0.39 is 0 Å². The van der Waals surface area contributed by atoms with Crippen LogP contribution >= 0.6 is 0 Å². The summed E-state index contributed by atoms with van der Waals surface area (Å²) in [5, 5.41) is 14.8. The highest BCUT2D eigenvalue weighted by Gasteiger charge is 2.18. The topological polar surface area (TPSA) is 96.3 Å². The molecule has 0 spiro atoms. The smallest absolute Gasteiger partial charge is 0.225 e. The van der Waals surface area contributed by atoms with Gasteiger partial charge in [0.2, 0.25) is 17.6 Å². The first-order valence-electron chi connectivity index (χ1n) is 8.63. The predicted molar refractivity (Wildman–Crippen MR) is 96.2 cm³/mol. The van der Waals surface area contributed by atoms with Gasteiger partial charge in [0.1, 0.15) is 0 Å². The van der Waals surface area contributed by atoms with Gasteiger partial charge >= 0.3 is 0 Å². The highest BCUT2D eigenvalue weighted by molar-refractivity contribution is 5.91. The molecule has 0 unspecified atom stereocenters. The van der Waals surface area contributed by atoms with E-state index in [4.69, 9.17) is 0 Å². The van der Waals surface area contributed by atoms with Crippen molar-refractivity contribution in [2.45, 2.75) is 13.3 Å². The van der Waals surface area contributed by atoms with Crippen LogP contribution < -0.4 is 5.32 Å². The lowest BCUT2D eigenvalue weighted by Crippen LogP contribution is -2.48. The zero-order valence-electron chi connectivity index (χ0n) is 15.1. The number of anilines is 1. The zero-order valence-corrected chi connectivity index (χ0v) is 15.1. The minimum absolute atomic E-state index is 0.0237. The molecular weight excluding hydrogens is 334 g/mol. The summed E-state index contributed by atoms with van der Waals surface area (Å²) < 4.78 is 0. The van der Waals surface area contributed by atoms with Gasteiger partial charge in [0, 0.05) is 57.3 Å². The van der Waals surface area contributed by atoms with E-state index in [9.17, 15) is 9.59 Å². The van der Waals surface area contributed by atoms with Crippen LogP contribution in [-0.4, -0.2) is 74.5 Å². The Hall–Kier alpha value is -2.81. The molecule has 2 amide bonds. The Bertz CT molecular complexity index is 764. The SMILES string of the molecule is CC(=O)N1CCN(CCC(=O)Nc2ccc(-c3nnn(C)n3)cc2)CC1. The molecule has 1 fully saturated rings. The second-order valence-corrected chi connectivity index (χ2v) is 6.33. The Balaban J connectivity index is 1.44. The third-order valence-electron chi connectivity index (χ3n) is 4.41. The number of rotatable bonds is 5. The number of hydrogen-bond acceptors (Lipinski definition) is 6. The first kappa shape index (κ1) is 18.0. The second kappa shape index (κ2) is 8.05. The third kappa shape index (κ3) is 4.63. The van der Waals surface area contributed by atoms with Crippen molar-refractivity contribution in [3.05, 3.63) is 24.3 Å². The van der Waals surface area contributed by atoms with Crippen molar-refractivity contribution in [1.82, 2.24) is 30.0 Å². The Morgan fingerprint density at radius 2 is 1.81 bits per heavy atom. The average Bonchev–Trinajstić information content (AvgIpc) is 3.07. The van der Waals surface area contributed by atoms with Crippen molar-refractivity contribution in [1.29, 1.82) is 0 Å². The number of amides is 2. The molecule has 1 aromatic heterocycles. The quantitative estimate of drug-likeness (QED) is 0.831. The Morgan fingerprint density at radius 3 is 2.38 bits per heavy atom. The van der Waals surface area contributed by atoms with E-state index in [2.05, 4.69) is 25.6 Å². The van der Waals surface area contributed by atoms with E-state index in [0.717, 1.165) is 37.4 Å². The lowest BCUT2D eigenvalue weighted by Gasteiger charge is -2.34. The molecular formula is C17H23N7O2. The number of nitrogens with zero attached hydrogens (tertiary/aromatic N) is 6.